The van der Waals surface area contributed by atoms with Gasteiger partial charge in [-0.15, -0.1) is 0 Å². The number of benzene rings is 2. The lowest BCUT2D eigenvalue weighted by molar-refractivity contribution is -0.121. The van der Waals surface area contributed by atoms with Crippen LogP contribution in [0.4, 0.5) is 10.1 Å². The van der Waals surface area contributed by atoms with Crippen LogP contribution in [-0.4, -0.2) is 34.3 Å². The quantitative estimate of drug-likeness (QED) is 0.702. The van der Waals surface area contributed by atoms with Gasteiger partial charge < -0.3 is 15.2 Å². The summed E-state index contributed by atoms with van der Waals surface area (Å²) in [6.07, 6.45) is 2.20. The molecular weight excluding hydrogens is 369 g/mol. The molecule has 2 aliphatic heterocycles. The summed E-state index contributed by atoms with van der Waals surface area (Å²) >= 11 is 0. The Bertz CT molecular complexity index is 1140. The molecule has 5 nitrogen and oxygen atoms in total. The van der Waals surface area contributed by atoms with Gasteiger partial charge in [0.2, 0.25) is 5.91 Å². The normalized spacial score (nSPS) is 23.0. The van der Waals surface area contributed by atoms with Gasteiger partial charge in [-0.25, -0.2) is 4.39 Å². The first-order valence-electron chi connectivity index (χ1n) is 10.0. The van der Waals surface area contributed by atoms with Gasteiger partial charge in [-0.1, -0.05) is 31.5 Å². The predicted molar refractivity (Wildman–Crippen MR) is 109 cm³/mol. The highest BCUT2D eigenvalue weighted by molar-refractivity contribution is 6.08. The van der Waals surface area contributed by atoms with Gasteiger partial charge in [0.25, 0.3) is 5.91 Å². The van der Waals surface area contributed by atoms with Crippen molar-refractivity contribution >= 4 is 28.4 Å². The maximum Gasteiger partial charge on any atom is 0.270 e. The summed E-state index contributed by atoms with van der Waals surface area (Å²) in [5.41, 5.74) is 2.27. The number of aromatic nitrogens is 1. The molecule has 5 rings (SSSR count). The van der Waals surface area contributed by atoms with Gasteiger partial charge >= 0.3 is 0 Å². The fraction of sp³-hybridized carbons (Fsp3) is 0.304. The predicted octanol–water partition coefficient (Wildman–Crippen LogP) is 4.21. The van der Waals surface area contributed by atoms with Gasteiger partial charge in [0.05, 0.1) is 11.5 Å². The van der Waals surface area contributed by atoms with Crippen LogP contribution in [0.15, 0.2) is 48.5 Å². The molecule has 1 fully saturated rings. The van der Waals surface area contributed by atoms with E-state index < -0.39 is 5.41 Å². The first-order valence-corrected chi connectivity index (χ1v) is 10.0. The van der Waals surface area contributed by atoms with Crippen LogP contribution in [-0.2, 0) is 10.2 Å². The Balaban J connectivity index is 1.55. The van der Waals surface area contributed by atoms with Crippen LogP contribution in [0.5, 0.6) is 0 Å². The number of hydrogen-bond donors (Lipinski definition) is 2. The molecule has 0 aliphatic carbocycles. The van der Waals surface area contributed by atoms with Crippen LogP contribution in [0.1, 0.15) is 42.2 Å². The van der Waals surface area contributed by atoms with E-state index in [1.807, 2.05) is 29.2 Å². The topological polar surface area (TPSA) is 65.2 Å². The Labute approximate surface area is 167 Å². The molecule has 3 aromatic rings. The van der Waals surface area contributed by atoms with Crippen LogP contribution in [0, 0.1) is 5.82 Å². The maximum absolute atomic E-state index is 13.5. The third-order valence-corrected chi connectivity index (χ3v) is 6.39. The molecular formula is C23H22FN3O2. The third kappa shape index (κ3) is 2.51. The highest BCUT2D eigenvalue weighted by Gasteiger charge is 2.58. The first kappa shape index (κ1) is 17.9. The van der Waals surface area contributed by atoms with Gasteiger partial charge in [-0.2, -0.15) is 0 Å². The van der Waals surface area contributed by atoms with E-state index in [2.05, 4.69) is 17.2 Å². The molecule has 3 heterocycles. The summed E-state index contributed by atoms with van der Waals surface area (Å²) in [4.78, 5) is 31.5. The Morgan fingerprint density at radius 1 is 1.24 bits per heavy atom. The van der Waals surface area contributed by atoms with Crippen molar-refractivity contribution in [1.29, 1.82) is 0 Å². The number of amides is 2. The molecule has 6 heteroatoms. The second-order valence-corrected chi connectivity index (χ2v) is 7.94. The molecule has 2 atom stereocenters. The fourth-order valence-electron chi connectivity index (χ4n) is 5.09. The smallest absolute Gasteiger partial charge is 0.270 e. The lowest BCUT2D eigenvalue weighted by Gasteiger charge is -2.33. The minimum absolute atomic E-state index is 0.0221. The van der Waals surface area contributed by atoms with E-state index in [0.29, 0.717) is 24.0 Å². The van der Waals surface area contributed by atoms with E-state index in [1.54, 1.807) is 12.1 Å². The van der Waals surface area contributed by atoms with Gasteiger partial charge in [0.1, 0.15) is 11.5 Å². The fourth-order valence-corrected chi connectivity index (χ4v) is 5.09. The number of carbonyl (C=O) groups is 2. The number of H-pyrrole nitrogens is 1. The van der Waals surface area contributed by atoms with Crippen molar-refractivity contribution in [1.82, 2.24) is 9.88 Å². The second-order valence-electron chi connectivity index (χ2n) is 7.94. The summed E-state index contributed by atoms with van der Waals surface area (Å²) in [6.45, 7) is 2.58. The number of likely N-dealkylation sites (tertiary alicyclic amines) is 1. The number of nitrogens with zero attached hydrogens (tertiary/aromatic N) is 1. The molecule has 1 spiro atoms. The Morgan fingerprint density at radius 2 is 2.07 bits per heavy atom. The second kappa shape index (κ2) is 6.44. The van der Waals surface area contributed by atoms with E-state index in [1.165, 1.54) is 12.1 Å². The van der Waals surface area contributed by atoms with Crippen LogP contribution in [0.2, 0.25) is 0 Å². The summed E-state index contributed by atoms with van der Waals surface area (Å²) in [5.74, 6) is -0.501. The Kier molecular flexibility index (Phi) is 3.98. The maximum atomic E-state index is 13.5. The monoisotopic (exact) mass is 391 g/mol. The summed E-state index contributed by atoms with van der Waals surface area (Å²) < 4.78 is 13.5. The van der Waals surface area contributed by atoms with Crippen LogP contribution >= 0.6 is 0 Å². The van der Waals surface area contributed by atoms with Crippen LogP contribution < -0.4 is 5.32 Å². The molecule has 0 unspecified atom stereocenters. The molecule has 148 valence electrons. The van der Waals surface area contributed by atoms with Crippen molar-refractivity contribution in [3.05, 3.63) is 65.6 Å². The molecule has 0 bridgehead atoms. The number of para-hydroxylation sites is 1. The standard InChI is InChI=1S/C23H22FN3O2/c1-2-5-20-23(16-6-3-4-7-18(16)26-22(23)29)10-11-27(20)21(28)19-13-14-12-15(24)8-9-17(14)25-19/h3-4,6-9,12-13,20,25H,2,5,10-11H2,1H3,(H,26,29)/t20-,23+/m0/s1. The molecule has 2 aliphatic rings. The number of anilines is 1. The molecule has 2 amide bonds. The molecule has 2 aromatic carbocycles. The average Bonchev–Trinajstić information content (AvgIpc) is 3.37. The lowest BCUT2D eigenvalue weighted by atomic mass is 9.73. The highest BCUT2D eigenvalue weighted by atomic mass is 19.1. The zero-order chi connectivity index (χ0) is 20.2. The molecule has 1 aromatic heterocycles. The van der Waals surface area contributed by atoms with Crippen molar-refractivity contribution in [2.24, 2.45) is 0 Å². The van der Waals surface area contributed by atoms with Crippen molar-refractivity contribution in [2.45, 2.75) is 37.6 Å². The van der Waals surface area contributed by atoms with E-state index in [-0.39, 0.29) is 23.7 Å². The van der Waals surface area contributed by atoms with Crippen LogP contribution in [0.3, 0.4) is 0 Å². The van der Waals surface area contributed by atoms with E-state index in [4.69, 9.17) is 0 Å². The van der Waals surface area contributed by atoms with Gasteiger partial charge in [0.15, 0.2) is 0 Å². The van der Waals surface area contributed by atoms with Crippen molar-refractivity contribution in [2.75, 3.05) is 11.9 Å². The van der Waals surface area contributed by atoms with Gasteiger partial charge in [-0.05, 0) is 48.7 Å². The van der Waals surface area contributed by atoms with Gasteiger partial charge in [0, 0.05) is 23.1 Å². The zero-order valence-electron chi connectivity index (χ0n) is 16.2. The van der Waals surface area contributed by atoms with E-state index in [0.717, 1.165) is 29.6 Å². The van der Waals surface area contributed by atoms with Gasteiger partial charge in [-0.3, -0.25) is 9.59 Å². The number of carbonyl (C=O) groups excluding carboxylic acids is 2. The third-order valence-electron chi connectivity index (χ3n) is 6.39. The van der Waals surface area contributed by atoms with Crippen molar-refractivity contribution in [3.8, 4) is 0 Å². The van der Waals surface area contributed by atoms with Crippen LogP contribution in [0.25, 0.3) is 10.9 Å². The molecule has 2 N–H and O–H groups in total. The zero-order valence-corrected chi connectivity index (χ0v) is 16.2. The molecule has 1 saturated heterocycles. The highest BCUT2D eigenvalue weighted by Crippen LogP contribution is 2.49. The molecule has 0 saturated carbocycles. The molecule has 0 radical (unpaired) electrons. The number of fused-ring (bicyclic) bond motifs is 3. The Hall–Kier alpha value is -3.15. The lowest BCUT2D eigenvalue weighted by Crippen LogP contribution is -2.48. The van der Waals surface area contributed by atoms with Crippen molar-refractivity contribution in [3.63, 3.8) is 0 Å². The minimum atomic E-state index is -0.708. The summed E-state index contributed by atoms with van der Waals surface area (Å²) in [7, 11) is 0. The summed E-state index contributed by atoms with van der Waals surface area (Å²) in [6, 6.07) is 13.7. The number of halogens is 1. The Morgan fingerprint density at radius 3 is 2.90 bits per heavy atom. The number of nitrogens with one attached hydrogen (secondary N) is 2. The number of hydrogen-bond acceptors (Lipinski definition) is 2. The van der Waals surface area contributed by atoms with E-state index >= 15 is 0 Å². The SMILES string of the molecule is CCC[C@@H]1N(C(=O)c2cc3cc(F)ccc3[nH]2)CC[C@]12C(=O)Nc1ccccc12. The van der Waals surface area contributed by atoms with Crippen molar-refractivity contribution < 1.29 is 14.0 Å². The largest absolute Gasteiger partial charge is 0.351 e. The molecule has 29 heavy (non-hydrogen) atoms. The van der Waals surface area contributed by atoms with E-state index in [9.17, 15) is 14.0 Å². The average molecular weight is 391 g/mol. The first-order chi connectivity index (χ1) is 14.0. The minimum Gasteiger partial charge on any atom is -0.351 e. The summed E-state index contributed by atoms with van der Waals surface area (Å²) in [5, 5.41) is 3.68. The number of aromatic amines is 1. The number of rotatable bonds is 3.